The van der Waals surface area contributed by atoms with Crippen LogP contribution in [0.2, 0.25) is 0 Å². The summed E-state index contributed by atoms with van der Waals surface area (Å²) in [6.07, 6.45) is 4.14. The highest BCUT2D eigenvalue weighted by atomic mass is 32.2. The lowest BCUT2D eigenvalue weighted by Gasteiger charge is -1.87. The molecule has 1 heterocycles. The third-order valence-corrected chi connectivity index (χ3v) is 2.08. The summed E-state index contributed by atoms with van der Waals surface area (Å²) in [5.41, 5.74) is 0.882. The van der Waals surface area contributed by atoms with Crippen LogP contribution in [0, 0.1) is 11.8 Å². The van der Waals surface area contributed by atoms with Crippen molar-refractivity contribution in [3.63, 3.8) is 0 Å². The summed E-state index contributed by atoms with van der Waals surface area (Å²) >= 11 is 1.30. The molecule has 0 radical (unpaired) electrons. The van der Waals surface area contributed by atoms with Crippen molar-refractivity contribution in [3.05, 3.63) is 18.0 Å². The van der Waals surface area contributed by atoms with E-state index in [0.29, 0.717) is 0 Å². The van der Waals surface area contributed by atoms with Gasteiger partial charge in [0.1, 0.15) is 0 Å². The quantitative estimate of drug-likeness (QED) is 0.572. The zero-order chi connectivity index (χ0) is 9.52. The molecular formula is C9H10N2OS. The van der Waals surface area contributed by atoms with E-state index in [0.717, 1.165) is 17.7 Å². The van der Waals surface area contributed by atoms with Crippen LogP contribution in [-0.2, 0) is 4.79 Å². The molecule has 0 atom stereocenters. The van der Waals surface area contributed by atoms with Crippen LogP contribution in [-0.4, -0.2) is 21.1 Å². The molecule has 0 aliphatic heterocycles. The molecule has 0 aliphatic carbocycles. The Balaban J connectivity index is 2.22. The van der Waals surface area contributed by atoms with Crippen molar-refractivity contribution in [1.29, 1.82) is 0 Å². The van der Waals surface area contributed by atoms with Crippen LogP contribution in [0.25, 0.3) is 0 Å². The second kappa shape index (κ2) is 5.44. The summed E-state index contributed by atoms with van der Waals surface area (Å²) in [5, 5.41) is 6.58. The lowest BCUT2D eigenvalue weighted by molar-refractivity contribution is -0.109. The lowest BCUT2D eigenvalue weighted by atomic mass is 10.3. The van der Waals surface area contributed by atoms with Crippen molar-refractivity contribution in [3.8, 4) is 11.8 Å². The van der Waals surface area contributed by atoms with Crippen LogP contribution < -0.4 is 0 Å². The number of thioether (sulfide) groups is 1. The van der Waals surface area contributed by atoms with Crippen LogP contribution in [0.3, 0.4) is 0 Å². The van der Waals surface area contributed by atoms with Crippen LogP contribution in [0.5, 0.6) is 0 Å². The van der Waals surface area contributed by atoms with Gasteiger partial charge in [0.2, 0.25) is 0 Å². The zero-order valence-corrected chi connectivity index (χ0v) is 8.15. The van der Waals surface area contributed by atoms with Gasteiger partial charge in [-0.3, -0.25) is 9.89 Å². The fraction of sp³-hybridized carbons (Fsp3) is 0.333. The molecule has 0 unspecified atom stereocenters. The molecule has 4 heteroatoms. The molecule has 0 fully saturated rings. The minimum absolute atomic E-state index is 0.144. The Hall–Kier alpha value is -1.21. The van der Waals surface area contributed by atoms with E-state index in [1.165, 1.54) is 11.8 Å². The minimum Gasteiger partial charge on any atom is -0.288 e. The molecule has 1 rings (SSSR count). The van der Waals surface area contributed by atoms with E-state index >= 15 is 0 Å². The first-order valence-electron chi connectivity index (χ1n) is 3.90. The first-order chi connectivity index (χ1) is 6.29. The van der Waals surface area contributed by atoms with Gasteiger partial charge in [0.05, 0.1) is 11.8 Å². The van der Waals surface area contributed by atoms with Crippen molar-refractivity contribution in [2.75, 3.05) is 5.75 Å². The monoisotopic (exact) mass is 194 g/mol. The second-order valence-electron chi connectivity index (χ2n) is 2.38. The fourth-order valence-electron chi connectivity index (χ4n) is 0.730. The maximum Gasteiger partial charge on any atom is 0.185 e. The van der Waals surface area contributed by atoms with Gasteiger partial charge >= 0.3 is 0 Å². The van der Waals surface area contributed by atoms with E-state index in [1.807, 2.05) is 0 Å². The molecule has 1 N–H and O–H groups in total. The van der Waals surface area contributed by atoms with E-state index < -0.39 is 0 Å². The maximum atomic E-state index is 10.5. The predicted molar refractivity (Wildman–Crippen MR) is 53.2 cm³/mol. The highest BCUT2D eigenvalue weighted by Crippen LogP contribution is 2.02. The number of rotatable bonds is 2. The molecule has 1 aromatic rings. The van der Waals surface area contributed by atoms with Crippen LogP contribution in [0.4, 0.5) is 0 Å². The first kappa shape index (κ1) is 9.87. The van der Waals surface area contributed by atoms with Gasteiger partial charge in [-0.2, -0.15) is 5.10 Å². The van der Waals surface area contributed by atoms with Crippen molar-refractivity contribution in [2.24, 2.45) is 0 Å². The second-order valence-corrected chi connectivity index (χ2v) is 3.65. The van der Waals surface area contributed by atoms with Crippen LogP contribution in [0.1, 0.15) is 18.9 Å². The summed E-state index contributed by atoms with van der Waals surface area (Å²) in [7, 11) is 0. The third-order valence-electron chi connectivity index (χ3n) is 1.26. The topological polar surface area (TPSA) is 45.8 Å². The Morgan fingerprint density at radius 2 is 2.62 bits per heavy atom. The van der Waals surface area contributed by atoms with Crippen LogP contribution >= 0.6 is 11.8 Å². The standard InChI is InChI=1S/C9H10N2OS/c1-8(12)13-5-3-2-4-9-6-10-11-7-9/h6-7H,3,5H2,1H3,(H,10,11). The first-order valence-corrected chi connectivity index (χ1v) is 4.88. The highest BCUT2D eigenvalue weighted by molar-refractivity contribution is 8.13. The largest absolute Gasteiger partial charge is 0.288 e. The molecular weight excluding hydrogens is 184 g/mol. The number of nitrogens with one attached hydrogen (secondary N) is 1. The van der Waals surface area contributed by atoms with E-state index in [2.05, 4.69) is 22.0 Å². The van der Waals surface area contributed by atoms with Crippen molar-refractivity contribution >= 4 is 16.9 Å². The number of aromatic nitrogens is 2. The summed E-state index contributed by atoms with van der Waals surface area (Å²) in [6, 6.07) is 0. The van der Waals surface area contributed by atoms with Crippen molar-refractivity contribution in [2.45, 2.75) is 13.3 Å². The van der Waals surface area contributed by atoms with Gasteiger partial charge in [-0.1, -0.05) is 23.6 Å². The maximum absolute atomic E-state index is 10.5. The Morgan fingerprint density at radius 3 is 3.23 bits per heavy atom. The molecule has 0 aliphatic rings. The fourth-order valence-corrected chi connectivity index (χ4v) is 1.22. The molecule has 13 heavy (non-hydrogen) atoms. The molecule has 0 saturated heterocycles. The number of nitrogens with zero attached hydrogens (tertiary/aromatic N) is 1. The van der Waals surface area contributed by atoms with E-state index in [1.54, 1.807) is 19.3 Å². The lowest BCUT2D eigenvalue weighted by Crippen LogP contribution is -1.83. The van der Waals surface area contributed by atoms with Gasteiger partial charge in [-0.25, -0.2) is 0 Å². The van der Waals surface area contributed by atoms with Crippen molar-refractivity contribution < 1.29 is 4.79 Å². The molecule has 68 valence electrons. The summed E-state index contributed by atoms with van der Waals surface area (Å²) < 4.78 is 0. The number of carbonyl (C=O) groups is 1. The molecule has 0 saturated carbocycles. The van der Waals surface area contributed by atoms with E-state index in [4.69, 9.17) is 0 Å². The zero-order valence-electron chi connectivity index (χ0n) is 7.33. The van der Waals surface area contributed by atoms with Gasteiger partial charge in [-0.05, 0) is 0 Å². The third kappa shape index (κ3) is 4.38. The molecule has 1 aromatic heterocycles. The number of H-pyrrole nitrogens is 1. The molecule has 0 bridgehead atoms. The Morgan fingerprint density at radius 1 is 1.77 bits per heavy atom. The SMILES string of the molecule is CC(=O)SCCC#Cc1cn[nH]c1. The van der Waals surface area contributed by atoms with Gasteiger partial charge < -0.3 is 0 Å². The normalized spacial score (nSPS) is 9.00. The smallest absolute Gasteiger partial charge is 0.185 e. The Bertz CT molecular complexity index is 321. The number of carbonyl (C=O) groups excluding carboxylic acids is 1. The van der Waals surface area contributed by atoms with Gasteiger partial charge in [0, 0.05) is 25.3 Å². The highest BCUT2D eigenvalue weighted by Gasteiger charge is 1.90. The van der Waals surface area contributed by atoms with Crippen LogP contribution in [0.15, 0.2) is 12.4 Å². The Kier molecular flexibility index (Phi) is 4.13. The summed E-state index contributed by atoms with van der Waals surface area (Å²) in [4.78, 5) is 10.5. The minimum atomic E-state index is 0.144. The van der Waals surface area contributed by atoms with Gasteiger partial charge in [0.15, 0.2) is 5.12 Å². The van der Waals surface area contributed by atoms with Crippen molar-refractivity contribution in [1.82, 2.24) is 10.2 Å². The van der Waals surface area contributed by atoms with E-state index in [-0.39, 0.29) is 5.12 Å². The molecule has 0 amide bonds. The Labute approximate surface area is 81.3 Å². The van der Waals surface area contributed by atoms with Gasteiger partial charge in [-0.15, -0.1) is 0 Å². The predicted octanol–water partition coefficient (Wildman–Crippen LogP) is 1.43. The average Bonchev–Trinajstić information content (AvgIpc) is 2.55. The molecule has 0 aromatic carbocycles. The number of hydrogen-bond acceptors (Lipinski definition) is 3. The number of hydrogen-bond donors (Lipinski definition) is 1. The summed E-state index contributed by atoms with van der Waals surface area (Å²) in [6.45, 7) is 1.56. The average molecular weight is 194 g/mol. The van der Waals surface area contributed by atoms with Gasteiger partial charge in [0.25, 0.3) is 0 Å². The number of aromatic amines is 1. The summed E-state index contributed by atoms with van der Waals surface area (Å²) in [5.74, 6) is 6.65. The van der Waals surface area contributed by atoms with E-state index in [9.17, 15) is 4.79 Å². The molecule has 3 nitrogen and oxygen atoms in total. The molecule has 0 spiro atoms.